The number of hydrogen-bond acceptors (Lipinski definition) is 2. The second kappa shape index (κ2) is 5.47. The number of rotatable bonds is 4. The highest BCUT2D eigenvalue weighted by molar-refractivity contribution is 9.10. The van der Waals surface area contributed by atoms with Crippen molar-refractivity contribution in [2.24, 2.45) is 7.05 Å². The molecule has 0 spiro atoms. The van der Waals surface area contributed by atoms with Crippen LogP contribution in [0.1, 0.15) is 5.69 Å². The summed E-state index contributed by atoms with van der Waals surface area (Å²) in [7, 11) is 3.96. The van der Waals surface area contributed by atoms with Crippen LogP contribution in [0.25, 0.3) is 11.3 Å². The van der Waals surface area contributed by atoms with Gasteiger partial charge in [0.25, 0.3) is 0 Å². The third kappa shape index (κ3) is 2.96. The highest BCUT2D eigenvalue weighted by Crippen LogP contribution is 2.22. The monoisotopic (exact) mass is 293 g/mol. The van der Waals surface area contributed by atoms with Gasteiger partial charge >= 0.3 is 0 Å². The highest BCUT2D eigenvalue weighted by atomic mass is 79.9. The average Bonchev–Trinajstić information content (AvgIpc) is 2.68. The zero-order valence-electron chi connectivity index (χ0n) is 10.1. The number of aromatic nitrogens is 2. The van der Waals surface area contributed by atoms with Gasteiger partial charge in [-0.15, -0.1) is 0 Å². The molecule has 0 atom stereocenters. The molecule has 0 aliphatic heterocycles. The van der Waals surface area contributed by atoms with E-state index in [0.717, 1.165) is 28.7 Å². The molecule has 0 aliphatic rings. The number of nitrogens with one attached hydrogen (secondary N) is 1. The number of halogens is 1. The Hall–Kier alpha value is -1.13. The third-order valence-electron chi connectivity index (χ3n) is 2.73. The molecule has 0 aliphatic carbocycles. The number of aryl methyl sites for hydroxylation is 1. The Morgan fingerprint density at radius 2 is 2.18 bits per heavy atom. The van der Waals surface area contributed by atoms with Crippen LogP contribution in [0.4, 0.5) is 0 Å². The van der Waals surface area contributed by atoms with E-state index in [4.69, 9.17) is 0 Å². The standard InChI is InChI=1S/C13H16BrN3/c1-15-7-6-12-9-13(16-17(12)2)10-4-3-5-11(14)8-10/h3-5,8-9,15H,6-7H2,1-2H3. The number of hydrogen-bond donors (Lipinski definition) is 1. The van der Waals surface area contributed by atoms with Crippen molar-refractivity contribution in [1.29, 1.82) is 0 Å². The molecule has 0 saturated carbocycles. The first-order valence-electron chi connectivity index (χ1n) is 5.64. The van der Waals surface area contributed by atoms with E-state index in [9.17, 15) is 0 Å². The summed E-state index contributed by atoms with van der Waals surface area (Å²) in [6.07, 6.45) is 0.994. The molecule has 90 valence electrons. The molecule has 1 aromatic carbocycles. The summed E-state index contributed by atoms with van der Waals surface area (Å²) in [5, 5.41) is 7.70. The van der Waals surface area contributed by atoms with Crippen molar-refractivity contribution in [3.8, 4) is 11.3 Å². The van der Waals surface area contributed by atoms with E-state index in [1.807, 2.05) is 30.9 Å². The first kappa shape index (κ1) is 12.3. The Morgan fingerprint density at radius 1 is 1.35 bits per heavy atom. The van der Waals surface area contributed by atoms with Gasteiger partial charge in [0.2, 0.25) is 0 Å². The summed E-state index contributed by atoms with van der Waals surface area (Å²) in [5.41, 5.74) is 3.42. The second-order valence-corrected chi connectivity index (χ2v) is 4.92. The average molecular weight is 294 g/mol. The van der Waals surface area contributed by atoms with Crippen LogP contribution in [-0.4, -0.2) is 23.4 Å². The molecule has 1 aromatic heterocycles. The smallest absolute Gasteiger partial charge is 0.0926 e. The highest BCUT2D eigenvalue weighted by Gasteiger charge is 2.06. The lowest BCUT2D eigenvalue weighted by Crippen LogP contribution is -2.12. The molecule has 17 heavy (non-hydrogen) atoms. The summed E-state index contributed by atoms with van der Waals surface area (Å²) < 4.78 is 3.03. The van der Waals surface area contributed by atoms with Crippen LogP contribution in [0.2, 0.25) is 0 Å². The first-order valence-corrected chi connectivity index (χ1v) is 6.43. The van der Waals surface area contributed by atoms with E-state index in [2.05, 4.69) is 44.5 Å². The minimum atomic E-state index is 0.970. The molecule has 1 N–H and O–H groups in total. The van der Waals surface area contributed by atoms with Gasteiger partial charge in [0, 0.05) is 35.7 Å². The zero-order chi connectivity index (χ0) is 12.3. The predicted molar refractivity (Wildman–Crippen MR) is 74.0 cm³/mol. The molecular formula is C13H16BrN3. The molecule has 3 nitrogen and oxygen atoms in total. The predicted octanol–water partition coefficient (Wildman–Crippen LogP) is 2.61. The van der Waals surface area contributed by atoms with E-state index in [0.29, 0.717) is 0 Å². The molecule has 0 radical (unpaired) electrons. The van der Waals surface area contributed by atoms with Gasteiger partial charge in [0.15, 0.2) is 0 Å². The second-order valence-electron chi connectivity index (χ2n) is 4.01. The van der Waals surface area contributed by atoms with Crippen molar-refractivity contribution in [3.05, 3.63) is 40.5 Å². The molecule has 0 bridgehead atoms. The summed E-state index contributed by atoms with van der Waals surface area (Å²) in [6, 6.07) is 10.4. The minimum Gasteiger partial charge on any atom is -0.319 e. The van der Waals surface area contributed by atoms with Crippen LogP contribution in [0, 0.1) is 0 Å². The van der Waals surface area contributed by atoms with Crippen molar-refractivity contribution in [2.75, 3.05) is 13.6 Å². The zero-order valence-corrected chi connectivity index (χ0v) is 11.7. The van der Waals surface area contributed by atoms with Gasteiger partial charge in [-0.1, -0.05) is 28.1 Å². The molecule has 2 rings (SSSR count). The van der Waals surface area contributed by atoms with E-state index >= 15 is 0 Å². The van der Waals surface area contributed by atoms with Gasteiger partial charge < -0.3 is 5.32 Å². The molecule has 4 heteroatoms. The first-order chi connectivity index (χ1) is 8.20. The lowest BCUT2D eigenvalue weighted by molar-refractivity contribution is 0.683. The van der Waals surface area contributed by atoms with E-state index < -0.39 is 0 Å². The fraction of sp³-hybridized carbons (Fsp3) is 0.308. The lowest BCUT2D eigenvalue weighted by atomic mass is 10.1. The van der Waals surface area contributed by atoms with E-state index in [-0.39, 0.29) is 0 Å². The van der Waals surface area contributed by atoms with E-state index in [1.165, 1.54) is 5.69 Å². The number of benzene rings is 1. The van der Waals surface area contributed by atoms with Crippen molar-refractivity contribution < 1.29 is 0 Å². The largest absolute Gasteiger partial charge is 0.319 e. The van der Waals surface area contributed by atoms with Gasteiger partial charge in [-0.2, -0.15) is 5.10 Å². The van der Waals surface area contributed by atoms with Crippen LogP contribution >= 0.6 is 15.9 Å². The van der Waals surface area contributed by atoms with Crippen LogP contribution in [-0.2, 0) is 13.5 Å². The molecule has 2 aromatic rings. The van der Waals surface area contributed by atoms with Gasteiger partial charge in [0.1, 0.15) is 0 Å². The van der Waals surface area contributed by atoms with Crippen LogP contribution in [0.5, 0.6) is 0 Å². The van der Waals surface area contributed by atoms with Crippen molar-refractivity contribution in [2.45, 2.75) is 6.42 Å². The third-order valence-corrected chi connectivity index (χ3v) is 3.22. The summed E-state index contributed by atoms with van der Waals surface area (Å²) in [6.45, 7) is 0.970. The summed E-state index contributed by atoms with van der Waals surface area (Å²) >= 11 is 3.48. The number of likely N-dealkylation sites (N-methyl/N-ethyl adjacent to an activating group) is 1. The van der Waals surface area contributed by atoms with Crippen molar-refractivity contribution >= 4 is 15.9 Å². The number of nitrogens with zero attached hydrogens (tertiary/aromatic N) is 2. The fourth-order valence-corrected chi connectivity index (χ4v) is 2.18. The van der Waals surface area contributed by atoms with Gasteiger partial charge in [0.05, 0.1) is 5.69 Å². The molecular weight excluding hydrogens is 278 g/mol. The Labute approximate surface area is 110 Å². The van der Waals surface area contributed by atoms with Crippen LogP contribution < -0.4 is 5.32 Å². The Morgan fingerprint density at radius 3 is 2.88 bits per heavy atom. The maximum absolute atomic E-state index is 4.54. The van der Waals surface area contributed by atoms with E-state index in [1.54, 1.807) is 0 Å². The quantitative estimate of drug-likeness (QED) is 0.939. The Bertz CT molecular complexity index is 505. The van der Waals surface area contributed by atoms with Gasteiger partial charge in [-0.3, -0.25) is 4.68 Å². The maximum Gasteiger partial charge on any atom is 0.0926 e. The van der Waals surface area contributed by atoms with Crippen molar-refractivity contribution in [1.82, 2.24) is 15.1 Å². The Balaban J connectivity index is 2.28. The van der Waals surface area contributed by atoms with Crippen LogP contribution in [0.3, 0.4) is 0 Å². The normalized spacial score (nSPS) is 10.8. The molecule has 0 amide bonds. The fourth-order valence-electron chi connectivity index (χ4n) is 1.78. The molecule has 0 unspecified atom stereocenters. The lowest BCUT2D eigenvalue weighted by Gasteiger charge is -1.99. The van der Waals surface area contributed by atoms with Gasteiger partial charge in [-0.05, 0) is 25.2 Å². The maximum atomic E-state index is 4.54. The topological polar surface area (TPSA) is 29.9 Å². The molecule has 0 fully saturated rings. The Kier molecular flexibility index (Phi) is 3.97. The van der Waals surface area contributed by atoms with Gasteiger partial charge in [-0.25, -0.2) is 0 Å². The van der Waals surface area contributed by atoms with Crippen LogP contribution in [0.15, 0.2) is 34.8 Å². The molecule has 1 heterocycles. The van der Waals surface area contributed by atoms with Crippen molar-refractivity contribution in [3.63, 3.8) is 0 Å². The SMILES string of the molecule is CNCCc1cc(-c2cccc(Br)c2)nn1C. The molecule has 0 saturated heterocycles. The summed E-state index contributed by atoms with van der Waals surface area (Å²) in [4.78, 5) is 0. The minimum absolute atomic E-state index is 0.970. The summed E-state index contributed by atoms with van der Waals surface area (Å²) in [5.74, 6) is 0.